The lowest BCUT2D eigenvalue weighted by atomic mass is 9.97. The van der Waals surface area contributed by atoms with Crippen molar-refractivity contribution in [3.8, 4) is 5.75 Å². The van der Waals surface area contributed by atoms with Crippen LogP contribution in [0, 0.1) is 5.82 Å². The first-order valence-corrected chi connectivity index (χ1v) is 8.61. The molecule has 0 atom stereocenters. The number of Topliss-reactive ketones (excluding diaryl/α,β-unsaturated/α-hetero) is 1. The van der Waals surface area contributed by atoms with Gasteiger partial charge in [-0.05, 0) is 19.2 Å². The van der Waals surface area contributed by atoms with Gasteiger partial charge in [0.25, 0.3) is 5.56 Å². The van der Waals surface area contributed by atoms with Gasteiger partial charge < -0.3 is 9.84 Å². The molecule has 1 aliphatic heterocycles. The minimum absolute atomic E-state index is 0.00282. The molecule has 24 heavy (non-hydrogen) atoms. The molecular weight excluding hydrogens is 335 g/mol. The Hall–Kier alpha value is -2.35. The van der Waals surface area contributed by atoms with E-state index in [9.17, 15) is 18.8 Å². The Morgan fingerprint density at radius 2 is 2.17 bits per heavy atom. The molecule has 1 aromatic heterocycles. The van der Waals surface area contributed by atoms with Crippen molar-refractivity contribution in [2.75, 3.05) is 12.9 Å². The molecule has 1 N–H and O–H groups in total. The van der Waals surface area contributed by atoms with E-state index in [1.807, 2.05) is 0 Å². The van der Waals surface area contributed by atoms with E-state index in [2.05, 4.69) is 5.10 Å². The zero-order valence-electron chi connectivity index (χ0n) is 13.1. The highest BCUT2D eigenvalue weighted by molar-refractivity contribution is 7.98. The summed E-state index contributed by atoms with van der Waals surface area (Å²) in [6, 6.07) is 1.04. The van der Waals surface area contributed by atoms with Gasteiger partial charge in [0, 0.05) is 29.6 Å². The fourth-order valence-electron chi connectivity index (χ4n) is 2.71. The molecule has 3 rings (SSSR count). The second-order valence-corrected chi connectivity index (χ2v) is 6.05. The van der Waals surface area contributed by atoms with Gasteiger partial charge in [-0.15, -0.1) is 11.8 Å². The molecule has 0 saturated carbocycles. The predicted octanol–water partition coefficient (Wildman–Crippen LogP) is 2.25. The number of nitrogens with one attached hydrogen (secondary N) is 1. The summed E-state index contributed by atoms with van der Waals surface area (Å²) in [6.07, 6.45) is 3.12. The molecule has 126 valence electrons. The Kier molecular flexibility index (Phi) is 4.31. The van der Waals surface area contributed by atoms with E-state index in [4.69, 9.17) is 4.74 Å². The highest BCUT2D eigenvalue weighted by Crippen LogP contribution is 2.38. The van der Waals surface area contributed by atoms with Crippen molar-refractivity contribution >= 4 is 23.3 Å². The Morgan fingerprint density at radius 1 is 1.42 bits per heavy atom. The summed E-state index contributed by atoms with van der Waals surface area (Å²) in [5, 5.41) is 2.69. The molecule has 0 bridgehead atoms. The number of carbonyl (C=O) groups excluding carboxylic acids is 2. The monoisotopic (exact) mass is 350 g/mol. The van der Waals surface area contributed by atoms with Gasteiger partial charge in [0.05, 0.1) is 12.2 Å². The molecule has 0 aliphatic carbocycles. The Balaban J connectivity index is 2.21. The van der Waals surface area contributed by atoms with E-state index in [-0.39, 0.29) is 41.3 Å². The van der Waals surface area contributed by atoms with Crippen LogP contribution < -0.4 is 10.3 Å². The number of aryl methyl sites for hydroxylation is 1. The number of hydrogen-bond donors (Lipinski definition) is 1. The van der Waals surface area contributed by atoms with Crippen molar-refractivity contribution in [2.24, 2.45) is 0 Å². The third-order valence-electron chi connectivity index (χ3n) is 3.89. The quantitative estimate of drug-likeness (QED) is 0.676. The second kappa shape index (κ2) is 6.27. The van der Waals surface area contributed by atoms with Crippen molar-refractivity contribution in [1.82, 2.24) is 9.78 Å². The van der Waals surface area contributed by atoms with Gasteiger partial charge in [-0.2, -0.15) is 0 Å². The summed E-state index contributed by atoms with van der Waals surface area (Å²) in [5.74, 6) is -1.78. The normalized spacial score (nSPS) is 13.5. The molecule has 1 aliphatic rings. The van der Waals surface area contributed by atoms with Gasteiger partial charge in [-0.25, -0.2) is 4.39 Å². The van der Waals surface area contributed by atoms with Crippen molar-refractivity contribution in [2.45, 2.75) is 24.8 Å². The largest absolute Gasteiger partial charge is 0.489 e. The first-order valence-electron chi connectivity index (χ1n) is 7.39. The lowest BCUT2D eigenvalue weighted by molar-refractivity contribution is 0.0925. The van der Waals surface area contributed by atoms with Crippen LogP contribution in [0.1, 0.15) is 39.6 Å². The second-order valence-electron chi connectivity index (χ2n) is 5.23. The van der Waals surface area contributed by atoms with E-state index >= 15 is 0 Å². The fourth-order valence-corrected chi connectivity index (χ4v) is 3.49. The van der Waals surface area contributed by atoms with Crippen LogP contribution in [-0.4, -0.2) is 34.2 Å². The average molecular weight is 350 g/mol. The molecule has 8 heteroatoms. The summed E-state index contributed by atoms with van der Waals surface area (Å²) in [5.41, 5.74) is -0.480. The Bertz CT molecular complexity index is 900. The molecule has 6 nitrogen and oxygen atoms in total. The van der Waals surface area contributed by atoms with Crippen LogP contribution in [0.3, 0.4) is 0 Å². The minimum Gasteiger partial charge on any atom is -0.489 e. The standard InChI is InChI=1S/C16H15FN2O4S/c1-3-19-16(22)9(7-18-19)13(21)8-6-10(17)14-12(15(8)24-2)11(20)4-5-23-14/h6-7,18H,3-5H2,1-2H3. The van der Waals surface area contributed by atoms with Crippen molar-refractivity contribution in [1.29, 1.82) is 0 Å². The van der Waals surface area contributed by atoms with E-state index in [1.165, 1.54) is 10.9 Å². The lowest BCUT2D eigenvalue weighted by Crippen LogP contribution is -2.23. The number of carbonyl (C=O) groups is 2. The van der Waals surface area contributed by atoms with Crippen LogP contribution in [0.25, 0.3) is 0 Å². The lowest BCUT2D eigenvalue weighted by Gasteiger charge is -2.21. The Morgan fingerprint density at radius 3 is 2.79 bits per heavy atom. The predicted molar refractivity (Wildman–Crippen MR) is 86.8 cm³/mol. The number of hydrogen-bond acceptors (Lipinski definition) is 5. The minimum atomic E-state index is -0.773. The number of ketones is 2. The maximum atomic E-state index is 14.3. The number of thioether (sulfide) groups is 1. The summed E-state index contributed by atoms with van der Waals surface area (Å²) in [7, 11) is 0. The summed E-state index contributed by atoms with van der Waals surface area (Å²) >= 11 is 1.16. The van der Waals surface area contributed by atoms with Crippen molar-refractivity contribution in [3.63, 3.8) is 0 Å². The van der Waals surface area contributed by atoms with Crippen LogP contribution in [0.2, 0.25) is 0 Å². The van der Waals surface area contributed by atoms with E-state index in [0.717, 1.165) is 17.8 Å². The number of fused-ring (bicyclic) bond motifs is 1. The topological polar surface area (TPSA) is 81.2 Å². The number of ether oxygens (including phenoxy) is 1. The van der Waals surface area contributed by atoms with Gasteiger partial charge in [0.15, 0.2) is 17.3 Å². The molecule has 0 spiro atoms. The van der Waals surface area contributed by atoms with E-state index < -0.39 is 17.2 Å². The van der Waals surface area contributed by atoms with Crippen LogP contribution in [0.5, 0.6) is 5.75 Å². The van der Waals surface area contributed by atoms with Crippen molar-refractivity contribution < 1.29 is 18.7 Å². The van der Waals surface area contributed by atoms with Gasteiger partial charge in [-0.1, -0.05) is 0 Å². The molecular formula is C16H15FN2O4S. The highest BCUT2D eigenvalue weighted by Gasteiger charge is 2.31. The van der Waals surface area contributed by atoms with Crippen LogP contribution in [0.4, 0.5) is 4.39 Å². The molecule has 0 fully saturated rings. The number of aromatic amines is 1. The van der Waals surface area contributed by atoms with E-state index in [1.54, 1.807) is 13.2 Å². The van der Waals surface area contributed by atoms with Crippen LogP contribution >= 0.6 is 11.8 Å². The maximum absolute atomic E-state index is 14.3. The number of benzene rings is 1. The summed E-state index contributed by atoms with van der Waals surface area (Å²) in [4.78, 5) is 37.5. The molecule has 0 amide bonds. The smallest absolute Gasteiger partial charge is 0.277 e. The van der Waals surface area contributed by atoms with Gasteiger partial charge in [0.2, 0.25) is 5.78 Å². The molecule has 1 aromatic carbocycles. The zero-order chi connectivity index (χ0) is 17.4. The molecule has 2 heterocycles. The van der Waals surface area contributed by atoms with Crippen LogP contribution in [0.15, 0.2) is 22.0 Å². The van der Waals surface area contributed by atoms with Gasteiger partial charge in [0.1, 0.15) is 5.56 Å². The van der Waals surface area contributed by atoms with Gasteiger partial charge in [-0.3, -0.25) is 19.1 Å². The zero-order valence-corrected chi connectivity index (χ0v) is 14.0. The van der Waals surface area contributed by atoms with E-state index in [0.29, 0.717) is 11.4 Å². The maximum Gasteiger partial charge on any atom is 0.277 e. The molecule has 0 radical (unpaired) electrons. The molecule has 2 aromatic rings. The molecule has 0 unspecified atom stereocenters. The van der Waals surface area contributed by atoms with Crippen LogP contribution in [-0.2, 0) is 6.54 Å². The third-order valence-corrected chi connectivity index (χ3v) is 4.72. The highest BCUT2D eigenvalue weighted by atomic mass is 32.2. The van der Waals surface area contributed by atoms with Crippen molar-refractivity contribution in [3.05, 3.63) is 45.1 Å². The number of halogens is 1. The third kappa shape index (κ3) is 2.47. The number of nitrogens with zero attached hydrogens (tertiary/aromatic N) is 1. The SMILES string of the molecule is CCn1[nH]cc(C(=O)c2cc(F)c3c(c2SC)C(=O)CCO3)c1=O. The molecule has 0 saturated heterocycles. The fraction of sp³-hybridized carbons (Fsp3) is 0.312. The first kappa shape index (κ1) is 16.5. The first-order chi connectivity index (χ1) is 11.5. The number of rotatable bonds is 4. The number of H-pyrrole nitrogens is 1. The summed E-state index contributed by atoms with van der Waals surface area (Å²) in [6.45, 7) is 2.25. The van der Waals surface area contributed by atoms with Gasteiger partial charge >= 0.3 is 0 Å². The number of aromatic nitrogens is 2. The summed E-state index contributed by atoms with van der Waals surface area (Å²) < 4.78 is 20.9. The Labute approximate surface area is 141 Å². The average Bonchev–Trinajstić information content (AvgIpc) is 2.95.